The number of hydrogen-bond donors (Lipinski definition) is 0. The van der Waals surface area contributed by atoms with Gasteiger partial charge in [-0.2, -0.15) is 0 Å². The first kappa shape index (κ1) is 12.2. The number of rotatable bonds is 2. The quantitative estimate of drug-likeness (QED) is 0.761. The smallest absolute Gasteiger partial charge is 0.343 e. The zero-order valence-corrected chi connectivity index (χ0v) is 9.61. The summed E-state index contributed by atoms with van der Waals surface area (Å²) in [6.07, 6.45) is 0. The van der Waals surface area contributed by atoms with Crippen LogP contribution in [0.1, 0.15) is 10.4 Å². The van der Waals surface area contributed by atoms with Gasteiger partial charge >= 0.3 is 5.97 Å². The number of halogens is 2. The molecule has 0 fully saturated rings. The van der Waals surface area contributed by atoms with E-state index in [1.807, 2.05) is 0 Å². The number of esters is 1. The second-order valence-corrected chi connectivity index (χ2v) is 3.67. The van der Waals surface area contributed by atoms with E-state index in [4.69, 9.17) is 0 Å². The van der Waals surface area contributed by atoms with Crippen molar-refractivity contribution < 1.29 is 18.3 Å². The third-order valence-corrected chi connectivity index (χ3v) is 2.54. The van der Waals surface area contributed by atoms with Gasteiger partial charge in [0.25, 0.3) is 0 Å². The Morgan fingerprint density at radius 3 is 2.06 bits per heavy atom. The molecule has 2 rings (SSSR count). The van der Waals surface area contributed by atoms with Crippen molar-refractivity contribution in [3.63, 3.8) is 0 Å². The van der Waals surface area contributed by atoms with Crippen molar-refractivity contribution in [1.82, 2.24) is 0 Å². The van der Waals surface area contributed by atoms with Crippen LogP contribution in [-0.4, -0.2) is 13.1 Å². The summed E-state index contributed by atoms with van der Waals surface area (Å²) in [7, 11) is 1.08. The van der Waals surface area contributed by atoms with Crippen LogP contribution >= 0.6 is 0 Å². The molecule has 2 aromatic carbocycles. The molecule has 2 aromatic rings. The Morgan fingerprint density at radius 1 is 1.00 bits per heavy atom. The summed E-state index contributed by atoms with van der Waals surface area (Å²) in [5.74, 6) is -2.88. The maximum atomic E-state index is 13.7. The van der Waals surface area contributed by atoms with Crippen molar-refractivity contribution in [3.05, 3.63) is 59.7 Å². The van der Waals surface area contributed by atoms with Gasteiger partial charge < -0.3 is 4.74 Å². The molecule has 0 atom stereocenters. The molecule has 0 N–H and O–H groups in total. The Hall–Kier alpha value is -2.23. The third kappa shape index (κ3) is 2.22. The number of methoxy groups -OCH3 is 1. The third-order valence-electron chi connectivity index (χ3n) is 2.54. The molecule has 0 unspecified atom stereocenters. The molecule has 0 aromatic heterocycles. The monoisotopic (exact) mass is 248 g/mol. The highest BCUT2D eigenvalue weighted by Crippen LogP contribution is 2.24. The molecule has 18 heavy (non-hydrogen) atoms. The van der Waals surface area contributed by atoms with Crippen LogP contribution in [0, 0.1) is 11.6 Å². The summed E-state index contributed by atoms with van der Waals surface area (Å²) in [5, 5.41) is 0. The molecular weight excluding hydrogens is 238 g/mol. The highest BCUT2D eigenvalue weighted by atomic mass is 19.1. The molecule has 92 valence electrons. The van der Waals surface area contributed by atoms with Crippen molar-refractivity contribution >= 4 is 5.97 Å². The SMILES string of the molecule is COC(=O)c1c(F)cc(-c2ccccc2)cc1F. The Kier molecular flexibility index (Phi) is 3.37. The first-order valence-corrected chi connectivity index (χ1v) is 5.26. The molecule has 0 bridgehead atoms. The van der Waals surface area contributed by atoms with Gasteiger partial charge in [0.1, 0.15) is 17.2 Å². The second-order valence-electron chi connectivity index (χ2n) is 3.67. The van der Waals surface area contributed by atoms with E-state index in [1.165, 1.54) is 0 Å². The molecule has 2 nitrogen and oxygen atoms in total. The van der Waals surface area contributed by atoms with E-state index in [1.54, 1.807) is 30.3 Å². The van der Waals surface area contributed by atoms with Gasteiger partial charge in [0.05, 0.1) is 7.11 Å². The predicted octanol–water partition coefficient (Wildman–Crippen LogP) is 3.42. The molecule has 0 radical (unpaired) electrons. The normalized spacial score (nSPS) is 10.2. The summed E-state index contributed by atoms with van der Waals surface area (Å²) in [6, 6.07) is 11.0. The molecule has 0 aliphatic rings. The maximum absolute atomic E-state index is 13.7. The lowest BCUT2D eigenvalue weighted by atomic mass is 10.0. The zero-order chi connectivity index (χ0) is 13.1. The maximum Gasteiger partial charge on any atom is 0.343 e. The van der Waals surface area contributed by atoms with Gasteiger partial charge in [0.2, 0.25) is 0 Å². The lowest BCUT2D eigenvalue weighted by molar-refractivity contribution is 0.0590. The lowest BCUT2D eigenvalue weighted by Gasteiger charge is -2.06. The van der Waals surface area contributed by atoms with E-state index < -0.39 is 23.2 Å². The average molecular weight is 248 g/mol. The van der Waals surface area contributed by atoms with Crippen molar-refractivity contribution in [2.24, 2.45) is 0 Å². The van der Waals surface area contributed by atoms with Gasteiger partial charge in [-0.05, 0) is 23.3 Å². The number of benzene rings is 2. The van der Waals surface area contributed by atoms with E-state index in [0.717, 1.165) is 19.2 Å². The zero-order valence-electron chi connectivity index (χ0n) is 9.61. The molecule has 0 aliphatic heterocycles. The van der Waals surface area contributed by atoms with Crippen LogP contribution in [0.4, 0.5) is 8.78 Å². The molecule has 0 amide bonds. The molecule has 4 heteroatoms. The van der Waals surface area contributed by atoms with E-state index in [9.17, 15) is 13.6 Å². The minimum absolute atomic E-state index is 0.373. The van der Waals surface area contributed by atoms with Crippen LogP contribution in [0.2, 0.25) is 0 Å². The standard InChI is InChI=1S/C14H10F2O2/c1-18-14(17)13-11(15)7-10(8-12(13)16)9-5-3-2-4-6-9/h2-8H,1H3. The van der Waals surface area contributed by atoms with Crippen molar-refractivity contribution in [1.29, 1.82) is 0 Å². The van der Waals surface area contributed by atoms with E-state index >= 15 is 0 Å². The van der Waals surface area contributed by atoms with Crippen molar-refractivity contribution in [2.45, 2.75) is 0 Å². The number of carbonyl (C=O) groups is 1. The van der Waals surface area contributed by atoms with Gasteiger partial charge in [-0.25, -0.2) is 13.6 Å². The molecular formula is C14H10F2O2. The fourth-order valence-electron chi connectivity index (χ4n) is 1.67. The summed E-state index contributed by atoms with van der Waals surface area (Å²) in [6.45, 7) is 0. The second kappa shape index (κ2) is 4.96. The fourth-order valence-corrected chi connectivity index (χ4v) is 1.67. The summed E-state index contributed by atoms with van der Waals surface area (Å²) in [4.78, 5) is 11.2. The molecule has 0 saturated carbocycles. The first-order chi connectivity index (χ1) is 8.63. The Bertz CT molecular complexity index is 557. The highest BCUT2D eigenvalue weighted by Gasteiger charge is 2.19. The van der Waals surface area contributed by atoms with Crippen LogP contribution in [0.5, 0.6) is 0 Å². The molecule has 0 aliphatic carbocycles. The highest BCUT2D eigenvalue weighted by molar-refractivity contribution is 5.90. The summed E-state index contributed by atoms with van der Waals surface area (Å²) in [5.41, 5.74) is 0.377. The minimum Gasteiger partial charge on any atom is -0.465 e. The fraction of sp³-hybridized carbons (Fsp3) is 0.0714. The van der Waals surface area contributed by atoms with Crippen LogP contribution in [0.3, 0.4) is 0 Å². The number of hydrogen-bond acceptors (Lipinski definition) is 2. The lowest BCUT2D eigenvalue weighted by Crippen LogP contribution is -2.08. The topological polar surface area (TPSA) is 26.3 Å². The van der Waals surface area contributed by atoms with Gasteiger partial charge in [-0.3, -0.25) is 0 Å². The van der Waals surface area contributed by atoms with Gasteiger partial charge in [-0.15, -0.1) is 0 Å². The summed E-state index contributed by atoms with van der Waals surface area (Å²) < 4.78 is 31.7. The van der Waals surface area contributed by atoms with Crippen LogP contribution in [-0.2, 0) is 4.74 Å². The molecule has 0 spiro atoms. The van der Waals surface area contributed by atoms with Gasteiger partial charge in [-0.1, -0.05) is 30.3 Å². The number of carbonyl (C=O) groups excluding carboxylic acids is 1. The average Bonchev–Trinajstić information content (AvgIpc) is 2.38. The largest absolute Gasteiger partial charge is 0.465 e. The number of ether oxygens (including phenoxy) is 1. The first-order valence-electron chi connectivity index (χ1n) is 5.26. The minimum atomic E-state index is -1.02. The van der Waals surface area contributed by atoms with Gasteiger partial charge in [0.15, 0.2) is 0 Å². The van der Waals surface area contributed by atoms with Crippen LogP contribution < -0.4 is 0 Å². The van der Waals surface area contributed by atoms with Crippen molar-refractivity contribution in [3.8, 4) is 11.1 Å². The van der Waals surface area contributed by atoms with Crippen molar-refractivity contribution in [2.75, 3.05) is 7.11 Å². The van der Waals surface area contributed by atoms with E-state index in [2.05, 4.69) is 4.74 Å². The van der Waals surface area contributed by atoms with Crippen LogP contribution in [0.15, 0.2) is 42.5 Å². The van der Waals surface area contributed by atoms with E-state index in [0.29, 0.717) is 11.1 Å². The Labute approximate surface area is 103 Å². The summed E-state index contributed by atoms with van der Waals surface area (Å²) >= 11 is 0. The van der Waals surface area contributed by atoms with Gasteiger partial charge in [0, 0.05) is 0 Å². The molecule has 0 heterocycles. The van der Waals surface area contributed by atoms with E-state index in [-0.39, 0.29) is 0 Å². The Morgan fingerprint density at radius 2 is 1.56 bits per heavy atom. The van der Waals surface area contributed by atoms with Crippen LogP contribution in [0.25, 0.3) is 11.1 Å². The Balaban J connectivity index is 2.53. The predicted molar refractivity (Wildman–Crippen MR) is 63.1 cm³/mol. The molecule has 0 saturated heterocycles.